The number of hydrogen-bond acceptors (Lipinski definition) is 3. The molecule has 0 bridgehead atoms. The number of amides is 1. The Morgan fingerprint density at radius 2 is 2.04 bits per heavy atom. The van der Waals surface area contributed by atoms with Gasteiger partial charge in [-0.1, -0.05) is 30.1 Å². The lowest BCUT2D eigenvalue weighted by atomic mass is 10.2. The molecule has 1 aromatic heterocycles. The topological polar surface area (TPSA) is 56.1 Å². The van der Waals surface area contributed by atoms with Gasteiger partial charge < -0.3 is 10.1 Å². The lowest BCUT2D eigenvalue weighted by Crippen LogP contribution is -2.26. The van der Waals surface area contributed by atoms with Crippen LogP contribution in [-0.2, 0) is 19.8 Å². The number of rotatable bonds is 6. The SMILES string of the molecule is CCCOc1c(C(=O)NCc2cc(Cl)ccc2Cl)c(C(F)(F)F)nn1C. The van der Waals surface area contributed by atoms with Gasteiger partial charge >= 0.3 is 6.18 Å². The van der Waals surface area contributed by atoms with Crippen molar-refractivity contribution >= 4 is 29.1 Å². The third-order valence-corrected chi connectivity index (χ3v) is 3.98. The Morgan fingerprint density at radius 1 is 1.35 bits per heavy atom. The van der Waals surface area contributed by atoms with E-state index in [1.807, 2.05) is 0 Å². The molecule has 0 spiro atoms. The van der Waals surface area contributed by atoms with Crippen LogP contribution in [0.25, 0.3) is 0 Å². The van der Waals surface area contributed by atoms with Crippen LogP contribution < -0.4 is 10.1 Å². The molecule has 0 fully saturated rings. The summed E-state index contributed by atoms with van der Waals surface area (Å²) in [6.45, 7) is 1.84. The minimum absolute atomic E-state index is 0.0996. The van der Waals surface area contributed by atoms with Gasteiger partial charge in [-0.05, 0) is 30.2 Å². The molecule has 1 aromatic carbocycles. The molecular weight excluding hydrogens is 394 g/mol. The third-order valence-electron chi connectivity index (χ3n) is 3.38. The van der Waals surface area contributed by atoms with E-state index < -0.39 is 23.3 Å². The van der Waals surface area contributed by atoms with Crippen molar-refractivity contribution in [1.82, 2.24) is 15.1 Å². The summed E-state index contributed by atoms with van der Waals surface area (Å²) in [6.07, 6.45) is -4.24. The van der Waals surface area contributed by atoms with Crippen molar-refractivity contribution in [2.45, 2.75) is 26.1 Å². The lowest BCUT2D eigenvalue weighted by molar-refractivity contribution is -0.141. The number of ether oxygens (including phenoxy) is 1. The van der Waals surface area contributed by atoms with Crippen molar-refractivity contribution in [2.24, 2.45) is 7.05 Å². The van der Waals surface area contributed by atoms with Gasteiger partial charge in [0.2, 0.25) is 5.88 Å². The Bertz CT molecular complexity index is 807. The predicted octanol–water partition coefficient (Wildman–Crippen LogP) is 4.46. The summed E-state index contributed by atoms with van der Waals surface area (Å²) in [5.74, 6) is -1.21. The smallest absolute Gasteiger partial charge is 0.436 e. The highest BCUT2D eigenvalue weighted by molar-refractivity contribution is 6.33. The van der Waals surface area contributed by atoms with E-state index >= 15 is 0 Å². The molecule has 5 nitrogen and oxygen atoms in total. The standard InChI is InChI=1S/C16H16Cl2F3N3O2/c1-3-6-26-15-12(13(16(19,20)21)23-24(15)2)14(25)22-8-9-7-10(17)4-5-11(9)18/h4-5,7H,3,6,8H2,1-2H3,(H,22,25). The van der Waals surface area contributed by atoms with Gasteiger partial charge in [0.05, 0.1) is 6.61 Å². The minimum atomic E-state index is -4.80. The number of carbonyl (C=O) groups excluding carboxylic acids is 1. The average molecular weight is 410 g/mol. The molecule has 10 heteroatoms. The lowest BCUT2D eigenvalue weighted by Gasteiger charge is -2.11. The second-order valence-electron chi connectivity index (χ2n) is 5.42. The van der Waals surface area contributed by atoms with Crippen LogP contribution in [0.3, 0.4) is 0 Å². The highest BCUT2D eigenvalue weighted by atomic mass is 35.5. The number of aryl methyl sites for hydroxylation is 1. The molecule has 0 aliphatic carbocycles. The molecule has 26 heavy (non-hydrogen) atoms. The molecule has 2 rings (SSSR count). The predicted molar refractivity (Wildman–Crippen MR) is 91.6 cm³/mol. The maximum atomic E-state index is 13.3. The molecule has 0 aliphatic rings. The van der Waals surface area contributed by atoms with Crippen LogP contribution >= 0.6 is 23.2 Å². The Hall–Kier alpha value is -1.93. The molecule has 1 N–H and O–H groups in total. The van der Waals surface area contributed by atoms with E-state index in [0.29, 0.717) is 22.0 Å². The Balaban J connectivity index is 2.32. The zero-order valence-electron chi connectivity index (χ0n) is 14.0. The number of alkyl halides is 3. The normalized spacial score (nSPS) is 11.5. The number of hydrogen-bond donors (Lipinski definition) is 1. The zero-order chi connectivity index (χ0) is 19.5. The van der Waals surface area contributed by atoms with Crippen molar-refractivity contribution in [3.05, 3.63) is 45.1 Å². The van der Waals surface area contributed by atoms with E-state index in [4.69, 9.17) is 27.9 Å². The maximum absolute atomic E-state index is 13.3. The monoisotopic (exact) mass is 409 g/mol. The number of aromatic nitrogens is 2. The first-order valence-electron chi connectivity index (χ1n) is 7.64. The summed E-state index contributed by atoms with van der Waals surface area (Å²) >= 11 is 11.9. The summed E-state index contributed by atoms with van der Waals surface area (Å²) in [5.41, 5.74) is -1.49. The van der Waals surface area contributed by atoms with E-state index in [-0.39, 0.29) is 19.0 Å². The zero-order valence-corrected chi connectivity index (χ0v) is 15.5. The molecule has 0 unspecified atom stereocenters. The highest BCUT2D eigenvalue weighted by Gasteiger charge is 2.42. The number of benzene rings is 1. The van der Waals surface area contributed by atoms with Gasteiger partial charge in [-0.2, -0.15) is 18.3 Å². The Morgan fingerprint density at radius 3 is 2.65 bits per heavy atom. The van der Waals surface area contributed by atoms with Gasteiger partial charge in [-0.25, -0.2) is 4.68 Å². The van der Waals surface area contributed by atoms with Gasteiger partial charge in [0.15, 0.2) is 5.69 Å². The summed E-state index contributed by atoms with van der Waals surface area (Å²) in [6, 6.07) is 4.62. The number of halogens is 5. The first kappa shape index (κ1) is 20.4. The second kappa shape index (κ2) is 8.18. The minimum Gasteiger partial charge on any atom is -0.477 e. The van der Waals surface area contributed by atoms with E-state index in [2.05, 4.69) is 10.4 Å². The summed E-state index contributed by atoms with van der Waals surface area (Å²) < 4.78 is 46.0. The molecule has 2 aromatic rings. The van der Waals surface area contributed by atoms with Crippen molar-refractivity contribution in [3.63, 3.8) is 0 Å². The molecule has 0 aliphatic heterocycles. The second-order valence-corrected chi connectivity index (χ2v) is 6.26. The van der Waals surface area contributed by atoms with Crippen molar-refractivity contribution in [2.75, 3.05) is 6.61 Å². The molecule has 0 radical (unpaired) electrons. The molecular formula is C16H16Cl2F3N3O2. The number of carbonyl (C=O) groups is 1. The fourth-order valence-electron chi connectivity index (χ4n) is 2.22. The number of nitrogens with one attached hydrogen (secondary N) is 1. The van der Waals surface area contributed by atoms with Crippen LogP contribution in [0.5, 0.6) is 5.88 Å². The molecule has 1 amide bonds. The van der Waals surface area contributed by atoms with Crippen LogP contribution in [0.2, 0.25) is 10.0 Å². The molecule has 0 saturated carbocycles. The van der Waals surface area contributed by atoms with Crippen LogP contribution in [0, 0.1) is 0 Å². The highest BCUT2D eigenvalue weighted by Crippen LogP contribution is 2.35. The van der Waals surface area contributed by atoms with Gasteiger partial charge in [-0.15, -0.1) is 0 Å². The van der Waals surface area contributed by atoms with Crippen LogP contribution in [0.4, 0.5) is 13.2 Å². The summed E-state index contributed by atoms with van der Waals surface area (Å²) in [5, 5.41) is 6.54. The van der Waals surface area contributed by atoms with Crippen molar-refractivity contribution < 1.29 is 22.7 Å². The van der Waals surface area contributed by atoms with E-state index in [1.54, 1.807) is 13.0 Å². The van der Waals surface area contributed by atoms with E-state index in [0.717, 1.165) is 4.68 Å². The first-order valence-corrected chi connectivity index (χ1v) is 8.39. The molecule has 142 valence electrons. The largest absolute Gasteiger partial charge is 0.477 e. The van der Waals surface area contributed by atoms with E-state index in [9.17, 15) is 18.0 Å². The average Bonchev–Trinajstić information content (AvgIpc) is 2.90. The van der Waals surface area contributed by atoms with Crippen molar-refractivity contribution in [1.29, 1.82) is 0 Å². The Labute approximate surface area is 158 Å². The van der Waals surface area contributed by atoms with Gasteiger partial charge in [0.1, 0.15) is 5.56 Å². The molecule has 0 atom stereocenters. The fraction of sp³-hybridized carbons (Fsp3) is 0.375. The summed E-state index contributed by atoms with van der Waals surface area (Å²) in [7, 11) is 1.28. The first-order chi connectivity index (χ1) is 12.1. The van der Waals surface area contributed by atoms with Crippen LogP contribution in [-0.4, -0.2) is 22.3 Å². The van der Waals surface area contributed by atoms with Gasteiger partial charge in [-0.3, -0.25) is 4.79 Å². The summed E-state index contributed by atoms with van der Waals surface area (Å²) in [4.78, 5) is 12.5. The van der Waals surface area contributed by atoms with E-state index in [1.165, 1.54) is 19.2 Å². The fourth-order valence-corrected chi connectivity index (χ4v) is 2.60. The van der Waals surface area contributed by atoms with Crippen LogP contribution in [0.15, 0.2) is 18.2 Å². The van der Waals surface area contributed by atoms with Gasteiger partial charge in [0, 0.05) is 23.6 Å². The Kier molecular flexibility index (Phi) is 6.41. The third kappa shape index (κ3) is 4.62. The van der Waals surface area contributed by atoms with Crippen LogP contribution in [0.1, 0.15) is 35.0 Å². The molecule has 0 saturated heterocycles. The molecule has 1 heterocycles. The van der Waals surface area contributed by atoms with Gasteiger partial charge in [0.25, 0.3) is 5.91 Å². The maximum Gasteiger partial charge on any atom is 0.436 e. The number of nitrogens with zero attached hydrogens (tertiary/aromatic N) is 2. The van der Waals surface area contributed by atoms with Crippen molar-refractivity contribution in [3.8, 4) is 5.88 Å². The quantitative estimate of drug-likeness (QED) is 0.765.